The van der Waals surface area contributed by atoms with Crippen LogP contribution in [0.5, 0.6) is 0 Å². The van der Waals surface area contributed by atoms with Gasteiger partial charge in [0.25, 0.3) is 10.0 Å². The molecule has 120 valence electrons. The predicted molar refractivity (Wildman–Crippen MR) is 82.4 cm³/mol. The Bertz CT molecular complexity index is 551. The minimum absolute atomic E-state index is 0.00806. The Hall–Kier alpha value is -0.850. The number of hydrogen-bond donors (Lipinski definition) is 2. The maximum absolute atomic E-state index is 12.2. The summed E-state index contributed by atoms with van der Waals surface area (Å²) in [4.78, 5) is 0. The van der Waals surface area contributed by atoms with Gasteiger partial charge < -0.3 is 9.73 Å². The minimum atomic E-state index is -3.53. The van der Waals surface area contributed by atoms with Crippen LogP contribution in [0.3, 0.4) is 0 Å². The number of sulfonamides is 1. The second-order valence-electron chi connectivity index (χ2n) is 6.28. The molecular weight excluding hydrogens is 288 g/mol. The summed E-state index contributed by atoms with van der Waals surface area (Å²) in [6.45, 7) is 7.29. The normalized spacial score (nSPS) is 23.0. The van der Waals surface area contributed by atoms with Gasteiger partial charge in [-0.2, -0.15) is 0 Å². The summed E-state index contributed by atoms with van der Waals surface area (Å²) < 4.78 is 32.6. The fraction of sp³-hybridized carbons (Fsp3) is 0.733. The molecular formula is C15H26N2O3S. The zero-order valence-electron chi connectivity index (χ0n) is 13.1. The third kappa shape index (κ3) is 4.56. The summed E-state index contributed by atoms with van der Waals surface area (Å²) in [5.41, 5.74) is 0. The first-order valence-corrected chi connectivity index (χ1v) is 9.18. The minimum Gasteiger partial charge on any atom is -0.447 e. The molecule has 2 rings (SSSR count). The molecule has 5 nitrogen and oxygen atoms in total. The molecule has 1 aliphatic carbocycles. The van der Waals surface area contributed by atoms with Crippen LogP contribution in [0, 0.1) is 11.8 Å². The summed E-state index contributed by atoms with van der Waals surface area (Å²) in [5.74, 6) is 1.67. The molecule has 21 heavy (non-hydrogen) atoms. The largest absolute Gasteiger partial charge is 0.447 e. The lowest BCUT2D eigenvalue weighted by Gasteiger charge is -2.15. The molecule has 0 radical (unpaired) electrons. The highest BCUT2D eigenvalue weighted by Crippen LogP contribution is 2.30. The van der Waals surface area contributed by atoms with Crippen LogP contribution < -0.4 is 10.0 Å². The van der Waals surface area contributed by atoms with Gasteiger partial charge in [-0.1, -0.05) is 33.6 Å². The maximum Gasteiger partial charge on any atom is 0.273 e. The summed E-state index contributed by atoms with van der Waals surface area (Å²) >= 11 is 0. The van der Waals surface area contributed by atoms with E-state index in [-0.39, 0.29) is 5.09 Å². The van der Waals surface area contributed by atoms with Crippen LogP contribution in [0.4, 0.5) is 0 Å². The van der Waals surface area contributed by atoms with Crippen molar-refractivity contribution in [3.05, 3.63) is 17.9 Å². The van der Waals surface area contributed by atoms with Crippen LogP contribution >= 0.6 is 0 Å². The average Bonchev–Trinajstić information content (AvgIpc) is 3.03. The first kappa shape index (κ1) is 16.5. The van der Waals surface area contributed by atoms with E-state index in [1.165, 1.54) is 18.9 Å². The fourth-order valence-corrected chi connectivity index (χ4v) is 3.76. The Labute approximate surface area is 127 Å². The standard InChI is InChI=1S/C15H26N2O3S/c1-11(2)16-10-14-7-8-15(20-14)21(18,19)17-9-13-6-4-5-12(13)3/h7-8,11-13,16-17H,4-6,9-10H2,1-3H3. The van der Waals surface area contributed by atoms with Crippen molar-refractivity contribution in [1.82, 2.24) is 10.0 Å². The monoisotopic (exact) mass is 314 g/mol. The average molecular weight is 314 g/mol. The summed E-state index contributed by atoms with van der Waals surface area (Å²) in [7, 11) is -3.53. The fourth-order valence-electron chi connectivity index (χ4n) is 2.72. The summed E-state index contributed by atoms with van der Waals surface area (Å²) in [6, 6.07) is 3.57. The molecule has 1 aromatic heterocycles. The molecule has 0 amide bonds. The lowest BCUT2D eigenvalue weighted by molar-refractivity contribution is 0.385. The van der Waals surface area contributed by atoms with Crippen molar-refractivity contribution in [2.45, 2.75) is 57.7 Å². The van der Waals surface area contributed by atoms with Crippen molar-refractivity contribution >= 4 is 10.0 Å². The van der Waals surface area contributed by atoms with E-state index in [4.69, 9.17) is 4.42 Å². The lowest BCUT2D eigenvalue weighted by atomic mass is 9.99. The Balaban J connectivity index is 1.92. The van der Waals surface area contributed by atoms with Gasteiger partial charge in [-0.25, -0.2) is 13.1 Å². The number of hydrogen-bond acceptors (Lipinski definition) is 4. The molecule has 0 saturated heterocycles. The van der Waals surface area contributed by atoms with Gasteiger partial charge in [0, 0.05) is 12.6 Å². The van der Waals surface area contributed by atoms with Crippen molar-refractivity contribution < 1.29 is 12.8 Å². The molecule has 2 unspecified atom stereocenters. The van der Waals surface area contributed by atoms with E-state index in [0.29, 0.717) is 36.7 Å². The molecule has 1 saturated carbocycles. The number of nitrogens with one attached hydrogen (secondary N) is 2. The summed E-state index contributed by atoms with van der Waals surface area (Å²) in [5, 5.41) is 3.21. The quantitative estimate of drug-likeness (QED) is 0.811. The van der Waals surface area contributed by atoms with Gasteiger partial charge in [-0.05, 0) is 30.4 Å². The second-order valence-corrected chi connectivity index (χ2v) is 7.97. The van der Waals surface area contributed by atoms with Gasteiger partial charge in [-0.3, -0.25) is 0 Å². The Morgan fingerprint density at radius 1 is 1.33 bits per heavy atom. The predicted octanol–water partition coefficient (Wildman–Crippen LogP) is 2.49. The SMILES string of the molecule is CC(C)NCc1ccc(S(=O)(=O)NCC2CCCC2C)o1. The zero-order valence-corrected chi connectivity index (χ0v) is 13.9. The van der Waals surface area contributed by atoms with E-state index in [1.807, 2.05) is 13.8 Å². The van der Waals surface area contributed by atoms with Gasteiger partial charge in [0.05, 0.1) is 6.54 Å². The van der Waals surface area contributed by atoms with E-state index < -0.39 is 10.0 Å². The van der Waals surface area contributed by atoms with Gasteiger partial charge in [0.15, 0.2) is 0 Å². The lowest BCUT2D eigenvalue weighted by Crippen LogP contribution is -2.30. The van der Waals surface area contributed by atoms with E-state index in [2.05, 4.69) is 17.0 Å². The second kappa shape index (κ2) is 6.94. The van der Waals surface area contributed by atoms with Crippen molar-refractivity contribution in [3.63, 3.8) is 0 Å². The van der Waals surface area contributed by atoms with Crippen molar-refractivity contribution in [3.8, 4) is 0 Å². The highest BCUT2D eigenvalue weighted by Gasteiger charge is 2.26. The smallest absolute Gasteiger partial charge is 0.273 e. The van der Waals surface area contributed by atoms with Crippen LogP contribution in [0.2, 0.25) is 0 Å². The molecule has 1 aliphatic rings. The molecule has 0 spiro atoms. The third-order valence-corrected chi connectivity index (χ3v) is 5.46. The van der Waals surface area contributed by atoms with Crippen LogP contribution in [0.25, 0.3) is 0 Å². The van der Waals surface area contributed by atoms with Gasteiger partial charge >= 0.3 is 0 Å². The van der Waals surface area contributed by atoms with Crippen LogP contribution in [0.15, 0.2) is 21.6 Å². The Morgan fingerprint density at radius 2 is 2.10 bits per heavy atom. The van der Waals surface area contributed by atoms with Crippen molar-refractivity contribution in [2.24, 2.45) is 11.8 Å². The van der Waals surface area contributed by atoms with Gasteiger partial charge in [-0.15, -0.1) is 0 Å². The third-order valence-electron chi connectivity index (χ3n) is 4.16. The first-order valence-electron chi connectivity index (χ1n) is 7.70. The molecule has 0 bridgehead atoms. The highest BCUT2D eigenvalue weighted by atomic mass is 32.2. The van der Waals surface area contributed by atoms with Crippen LogP contribution in [-0.4, -0.2) is 21.0 Å². The number of rotatable bonds is 7. The molecule has 2 N–H and O–H groups in total. The molecule has 0 aliphatic heterocycles. The van der Waals surface area contributed by atoms with Crippen LogP contribution in [-0.2, 0) is 16.6 Å². The maximum atomic E-state index is 12.2. The van der Waals surface area contributed by atoms with Crippen molar-refractivity contribution in [2.75, 3.05) is 6.54 Å². The Kier molecular flexibility index (Phi) is 5.46. The van der Waals surface area contributed by atoms with E-state index in [0.717, 1.165) is 6.42 Å². The van der Waals surface area contributed by atoms with E-state index in [9.17, 15) is 8.42 Å². The van der Waals surface area contributed by atoms with Gasteiger partial charge in [0.1, 0.15) is 5.76 Å². The van der Waals surface area contributed by atoms with Crippen LogP contribution in [0.1, 0.15) is 45.8 Å². The molecule has 2 atom stereocenters. The van der Waals surface area contributed by atoms with E-state index >= 15 is 0 Å². The molecule has 6 heteroatoms. The molecule has 1 aromatic rings. The topological polar surface area (TPSA) is 71.3 Å². The highest BCUT2D eigenvalue weighted by molar-refractivity contribution is 7.89. The van der Waals surface area contributed by atoms with Crippen molar-refractivity contribution in [1.29, 1.82) is 0 Å². The molecule has 1 heterocycles. The van der Waals surface area contributed by atoms with Gasteiger partial charge in [0.2, 0.25) is 5.09 Å². The Morgan fingerprint density at radius 3 is 2.71 bits per heavy atom. The molecule has 0 aromatic carbocycles. The zero-order chi connectivity index (χ0) is 15.5. The van der Waals surface area contributed by atoms with E-state index in [1.54, 1.807) is 6.07 Å². The first-order chi connectivity index (χ1) is 9.88. The summed E-state index contributed by atoms with van der Waals surface area (Å²) in [6.07, 6.45) is 3.49. The number of furan rings is 1. The molecule has 1 fully saturated rings.